The summed E-state index contributed by atoms with van der Waals surface area (Å²) in [6.45, 7) is 4.36. The Hall–Kier alpha value is -13.0. The molecule has 0 spiro atoms. The highest BCUT2D eigenvalue weighted by Gasteiger charge is 2.19. The largest absolute Gasteiger partial charge is 1.00 e. The molecule has 0 atom stereocenters. The van der Waals surface area contributed by atoms with Crippen molar-refractivity contribution in [2.24, 2.45) is 0 Å². The third-order valence-electron chi connectivity index (χ3n) is 25.0. The number of aryl methyl sites for hydroxylation is 9. The van der Waals surface area contributed by atoms with E-state index in [4.69, 9.17) is 0 Å². The van der Waals surface area contributed by atoms with Crippen molar-refractivity contribution >= 4 is 92.3 Å². The minimum atomic E-state index is 0. The number of fused-ring (bicyclic) bond motifs is 20. The number of benzene rings is 19. The number of unbranched alkanes of at least 4 members (excludes halogenated alkanes) is 1. The maximum Gasteiger partial charge on any atom is 1.00 e. The second kappa shape index (κ2) is 45.8. The van der Waals surface area contributed by atoms with Crippen molar-refractivity contribution in [1.82, 2.24) is 0 Å². The Bertz CT molecular complexity index is 6010. The first-order valence-electron chi connectivity index (χ1n) is 46.1. The van der Waals surface area contributed by atoms with Crippen molar-refractivity contribution in [2.75, 3.05) is 0 Å². The Labute approximate surface area is 740 Å². The fourth-order valence-electron chi connectivity index (χ4n) is 18.4. The summed E-state index contributed by atoms with van der Waals surface area (Å²) in [5, 5.41) is 21.4. The molecule has 5 aliphatic carbocycles. The van der Waals surface area contributed by atoms with Gasteiger partial charge in [0, 0.05) is 0 Å². The monoisotopic (exact) mass is 1610 g/mol. The Morgan fingerprint density at radius 3 is 0.823 bits per heavy atom. The van der Waals surface area contributed by atoms with E-state index in [0.29, 0.717) is 0 Å². The molecule has 0 aromatic heterocycles. The van der Waals surface area contributed by atoms with E-state index in [1.165, 1.54) is 254 Å². The fourth-order valence-corrected chi connectivity index (χ4v) is 18.4. The van der Waals surface area contributed by atoms with E-state index < -0.39 is 0 Å². The average molecular weight is 1610 g/mol. The second-order valence-electron chi connectivity index (χ2n) is 33.4. The van der Waals surface area contributed by atoms with Crippen molar-refractivity contribution in [1.29, 1.82) is 0 Å². The highest BCUT2D eigenvalue weighted by atomic mass is 14.2. The van der Waals surface area contributed by atoms with E-state index in [1.807, 2.05) is 6.07 Å². The molecule has 0 nitrogen and oxygen atoms in total. The van der Waals surface area contributed by atoms with Crippen LogP contribution in [0.25, 0.3) is 103 Å². The van der Waals surface area contributed by atoms with Gasteiger partial charge < -0.3 is 0 Å². The number of allylic oxidation sites excluding steroid dienone is 1. The van der Waals surface area contributed by atoms with Crippen LogP contribution in [0.1, 0.15) is 153 Å². The SMILES string of the molecule is CC/C=C/c1ccccc1.CCCCc1ccccc1.[H+].c1cc2c(c3c1CCCC3)CCCC2.c1ccc2c(c1)CCCC2.c1ccc2c(c1)CCc1ccccc1-2.c1ccc2c(c1)ccc1ccccc12.c1ccc2c(c1)ccc1ccccc12.c1ccc2c(c1)ccc1ccccc12.c1ccc2c3c(ccc2c1)CCCC3.c1ccc2ccccc2c1. The number of rotatable bonds is 5. The van der Waals surface area contributed by atoms with Gasteiger partial charge in [0.05, 0.1) is 0 Å². The summed E-state index contributed by atoms with van der Waals surface area (Å²) < 4.78 is 0. The highest BCUT2D eigenvalue weighted by molar-refractivity contribution is 6.09. The van der Waals surface area contributed by atoms with Crippen molar-refractivity contribution < 1.29 is 1.43 Å². The molecule has 124 heavy (non-hydrogen) atoms. The third kappa shape index (κ3) is 23.4. The van der Waals surface area contributed by atoms with Crippen molar-refractivity contribution in [3.05, 3.63) is 485 Å². The van der Waals surface area contributed by atoms with Gasteiger partial charge in [0.15, 0.2) is 0 Å². The summed E-state index contributed by atoms with van der Waals surface area (Å²) in [5.41, 5.74) is 21.7. The lowest BCUT2D eigenvalue weighted by atomic mass is 9.81. The zero-order valence-electron chi connectivity index (χ0n) is 74.0. The Balaban J connectivity index is 0.000000113. The van der Waals surface area contributed by atoms with Crippen LogP contribution in [0.2, 0.25) is 0 Å². The molecule has 0 unspecified atom stereocenters. The van der Waals surface area contributed by atoms with Crippen molar-refractivity contribution in [3.8, 4) is 11.1 Å². The van der Waals surface area contributed by atoms with Crippen LogP contribution in [0.4, 0.5) is 0 Å². The third-order valence-corrected chi connectivity index (χ3v) is 25.0. The van der Waals surface area contributed by atoms with Gasteiger partial charge in [-0.25, -0.2) is 0 Å². The van der Waals surface area contributed by atoms with Crippen molar-refractivity contribution in [3.63, 3.8) is 0 Å². The first-order chi connectivity index (χ1) is 61.5. The molecule has 0 saturated heterocycles. The van der Waals surface area contributed by atoms with Crippen LogP contribution in [0.3, 0.4) is 0 Å². The molecule has 0 saturated carbocycles. The smallest absolute Gasteiger partial charge is 0.0842 e. The topological polar surface area (TPSA) is 0 Å². The Morgan fingerprint density at radius 2 is 0.460 bits per heavy atom. The lowest BCUT2D eigenvalue weighted by Crippen LogP contribution is -2.12. The van der Waals surface area contributed by atoms with Crippen LogP contribution >= 0.6 is 0 Å². The Morgan fingerprint density at radius 1 is 0.202 bits per heavy atom. The molecule has 19 aromatic rings. The van der Waals surface area contributed by atoms with Crippen LogP contribution in [-0.2, 0) is 70.6 Å². The summed E-state index contributed by atoms with van der Waals surface area (Å²) >= 11 is 0. The van der Waals surface area contributed by atoms with E-state index in [9.17, 15) is 0 Å². The van der Waals surface area contributed by atoms with Crippen LogP contribution in [-0.4, -0.2) is 0 Å². The number of hydrogen-bond donors (Lipinski definition) is 0. The molecule has 0 heteroatoms. The molecule has 616 valence electrons. The molecule has 5 aliphatic rings. The lowest BCUT2D eigenvalue weighted by Gasteiger charge is -2.25. The Kier molecular flexibility index (Phi) is 31.7. The number of hydrogen-bond acceptors (Lipinski definition) is 0. The van der Waals surface area contributed by atoms with E-state index >= 15 is 0 Å². The zero-order chi connectivity index (χ0) is 84.4. The van der Waals surface area contributed by atoms with Gasteiger partial charge in [-0.3, -0.25) is 0 Å². The molecule has 0 amide bonds. The summed E-state index contributed by atoms with van der Waals surface area (Å²) in [4.78, 5) is 0. The molecular formula is C124H121+. The fraction of sp³-hybridized carbons (Fsp3) is 0.194. The van der Waals surface area contributed by atoms with Gasteiger partial charge in [-0.15, -0.1) is 0 Å². The van der Waals surface area contributed by atoms with Gasteiger partial charge in [-0.2, -0.15) is 0 Å². The molecular weight excluding hydrogens is 1490 g/mol. The summed E-state index contributed by atoms with van der Waals surface area (Å²) in [5.74, 6) is 0. The van der Waals surface area contributed by atoms with Gasteiger partial charge in [0.1, 0.15) is 0 Å². The maximum absolute atomic E-state index is 2.40. The summed E-state index contributed by atoms with van der Waals surface area (Å²) in [6.07, 6.45) is 33.3. The molecule has 0 fully saturated rings. The molecule has 0 bridgehead atoms. The molecule has 0 aliphatic heterocycles. The molecule has 19 aromatic carbocycles. The van der Waals surface area contributed by atoms with Gasteiger partial charge in [0.2, 0.25) is 0 Å². The molecule has 24 rings (SSSR count). The predicted molar refractivity (Wildman–Crippen MR) is 543 cm³/mol. The lowest BCUT2D eigenvalue weighted by molar-refractivity contribution is 0.640. The van der Waals surface area contributed by atoms with E-state index in [-0.39, 0.29) is 1.43 Å². The van der Waals surface area contributed by atoms with Crippen LogP contribution < -0.4 is 0 Å². The average Bonchev–Trinajstić information content (AvgIpc) is 0.822. The second-order valence-corrected chi connectivity index (χ2v) is 33.4. The molecule has 0 heterocycles. The van der Waals surface area contributed by atoms with Crippen LogP contribution in [0.15, 0.2) is 419 Å². The predicted octanol–water partition coefficient (Wildman–Crippen LogP) is 34.3. The molecule has 0 N–H and O–H groups in total. The first kappa shape index (κ1) is 86.0. The summed E-state index contributed by atoms with van der Waals surface area (Å²) in [7, 11) is 0. The minimum absolute atomic E-state index is 0. The summed E-state index contributed by atoms with van der Waals surface area (Å²) in [6, 6.07) is 146. The van der Waals surface area contributed by atoms with Crippen LogP contribution in [0.5, 0.6) is 0 Å². The quantitative estimate of drug-likeness (QED) is 0.151. The van der Waals surface area contributed by atoms with E-state index in [0.717, 1.165) is 6.42 Å². The highest BCUT2D eigenvalue weighted by Crippen LogP contribution is 2.36. The maximum atomic E-state index is 2.40. The van der Waals surface area contributed by atoms with Crippen molar-refractivity contribution in [2.45, 2.75) is 155 Å². The normalized spacial score (nSPS) is 12.9. The molecule has 0 radical (unpaired) electrons. The minimum Gasteiger partial charge on any atom is -0.0842 e. The standard InChI is InChI=1S/C14H18.C14H14.C14H12.3C14H10.C10H12.C10H8.C10H14.C10H12/c6*1-3-7-13-11(5-1)9-10-12-6-2-4-8-14(12)13;2*1-2-6-10-8-4-3-7-9(10)5-1;2*1-2-3-7-10-8-5-4-6-9-10/h9-10H,1-8H2;1,3,5,7,9-10H,2,4,6,8H2;1-8H,9-10H2;3*1-10H;1-2,5-6H,3-4,7-8H2;1-8H;4-6,8-9H,2-3,7H2,1H3;3-9H,2H2,1H3/p+1/b;;;;;;;;;7-3+. The first-order valence-corrected chi connectivity index (χ1v) is 46.1. The van der Waals surface area contributed by atoms with E-state index in [2.05, 4.69) is 432 Å². The van der Waals surface area contributed by atoms with Gasteiger partial charge >= 0.3 is 1.43 Å². The zero-order valence-corrected chi connectivity index (χ0v) is 73.0. The van der Waals surface area contributed by atoms with Crippen LogP contribution in [0, 0.1) is 0 Å². The van der Waals surface area contributed by atoms with Gasteiger partial charge in [-0.05, 0) is 299 Å². The van der Waals surface area contributed by atoms with Gasteiger partial charge in [-0.1, -0.05) is 445 Å². The van der Waals surface area contributed by atoms with Gasteiger partial charge in [0.25, 0.3) is 0 Å². The van der Waals surface area contributed by atoms with E-state index in [1.54, 1.807) is 44.5 Å².